The summed E-state index contributed by atoms with van der Waals surface area (Å²) in [5, 5.41) is 0. The highest BCUT2D eigenvalue weighted by atomic mass is 16.2. The van der Waals surface area contributed by atoms with E-state index in [-0.39, 0.29) is 5.57 Å². The fourth-order valence-electron chi connectivity index (χ4n) is 1.53. The van der Waals surface area contributed by atoms with E-state index in [1.54, 1.807) is 25.4 Å². The van der Waals surface area contributed by atoms with Crippen molar-refractivity contribution in [3.8, 4) is 0 Å². The van der Waals surface area contributed by atoms with Gasteiger partial charge in [0.1, 0.15) is 5.69 Å². The zero-order valence-electron chi connectivity index (χ0n) is 8.15. The van der Waals surface area contributed by atoms with Crippen LogP contribution in [0.5, 0.6) is 0 Å². The summed E-state index contributed by atoms with van der Waals surface area (Å²) < 4.78 is 0. The number of aromatic nitrogens is 1. The van der Waals surface area contributed by atoms with E-state index in [9.17, 15) is 9.59 Å². The molecular formula is C11H8N2O2. The fourth-order valence-corrected chi connectivity index (χ4v) is 1.53. The van der Waals surface area contributed by atoms with Crippen LogP contribution in [0.1, 0.15) is 16.1 Å². The highest BCUT2D eigenvalue weighted by molar-refractivity contribution is 6.59. The number of aliphatic imine (C=N–C) groups is 1. The lowest BCUT2D eigenvalue weighted by atomic mass is 9.88. The minimum Gasteiger partial charge on any atom is -0.286 e. The number of hydrogen-bond acceptors (Lipinski definition) is 4. The third kappa shape index (κ3) is 1.22. The molecule has 0 amide bonds. The molecule has 0 saturated heterocycles. The highest BCUT2D eigenvalue weighted by Gasteiger charge is 2.33. The van der Waals surface area contributed by atoms with Gasteiger partial charge >= 0.3 is 0 Å². The van der Waals surface area contributed by atoms with Crippen LogP contribution in [0.15, 0.2) is 35.5 Å². The third-order valence-electron chi connectivity index (χ3n) is 2.27. The Balaban J connectivity index is 2.77. The molecule has 0 aromatic carbocycles. The van der Waals surface area contributed by atoms with Gasteiger partial charge in [0, 0.05) is 18.8 Å². The monoisotopic (exact) mass is 200 g/mol. The van der Waals surface area contributed by atoms with Crippen LogP contribution in [0.3, 0.4) is 0 Å². The first-order chi connectivity index (χ1) is 7.16. The van der Waals surface area contributed by atoms with E-state index < -0.39 is 11.6 Å². The summed E-state index contributed by atoms with van der Waals surface area (Å²) in [4.78, 5) is 31.1. The number of ketones is 2. The number of fused-ring (bicyclic) bond motifs is 1. The molecule has 4 nitrogen and oxygen atoms in total. The molecule has 0 radical (unpaired) electrons. The molecule has 0 N–H and O–H groups in total. The van der Waals surface area contributed by atoms with E-state index in [4.69, 9.17) is 0 Å². The average Bonchev–Trinajstić information content (AvgIpc) is 2.27. The summed E-state index contributed by atoms with van der Waals surface area (Å²) in [5.41, 5.74) is 1.26. The molecule has 0 fully saturated rings. The van der Waals surface area contributed by atoms with Crippen molar-refractivity contribution in [3.05, 3.63) is 41.7 Å². The second-order valence-corrected chi connectivity index (χ2v) is 3.11. The topological polar surface area (TPSA) is 59.4 Å². The molecule has 0 bridgehead atoms. The Hall–Kier alpha value is -2.10. The lowest BCUT2D eigenvalue weighted by Crippen LogP contribution is -2.30. The summed E-state index contributed by atoms with van der Waals surface area (Å²) in [7, 11) is 1.54. The number of allylic oxidation sites excluding steroid dienone is 1. The molecule has 74 valence electrons. The maximum absolute atomic E-state index is 11.6. The van der Waals surface area contributed by atoms with Gasteiger partial charge in [-0.3, -0.25) is 19.6 Å². The Bertz CT molecular complexity index is 515. The van der Waals surface area contributed by atoms with Crippen molar-refractivity contribution in [2.75, 3.05) is 7.05 Å². The van der Waals surface area contributed by atoms with Gasteiger partial charge in [0.15, 0.2) is 0 Å². The van der Waals surface area contributed by atoms with Crippen molar-refractivity contribution < 1.29 is 9.59 Å². The first kappa shape index (κ1) is 9.45. The Morgan fingerprint density at radius 3 is 2.73 bits per heavy atom. The summed E-state index contributed by atoms with van der Waals surface area (Å²) in [6, 6.07) is 3.19. The van der Waals surface area contributed by atoms with Crippen molar-refractivity contribution in [2.45, 2.75) is 0 Å². The van der Waals surface area contributed by atoms with Crippen molar-refractivity contribution >= 4 is 17.3 Å². The molecule has 15 heavy (non-hydrogen) atoms. The first-order valence-electron chi connectivity index (χ1n) is 4.37. The van der Waals surface area contributed by atoms with E-state index in [1.165, 1.54) is 0 Å². The van der Waals surface area contributed by atoms with E-state index in [0.29, 0.717) is 17.0 Å². The van der Waals surface area contributed by atoms with E-state index in [1.807, 2.05) is 0 Å². The molecule has 1 aromatic rings. The largest absolute Gasteiger partial charge is 0.286 e. The van der Waals surface area contributed by atoms with E-state index >= 15 is 0 Å². The molecule has 0 saturated carbocycles. The molecule has 1 aliphatic carbocycles. The van der Waals surface area contributed by atoms with Gasteiger partial charge in [0.25, 0.3) is 0 Å². The maximum Gasteiger partial charge on any atom is 0.235 e. The molecule has 0 atom stereocenters. The predicted octanol–water partition coefficient (Wildman–Crippen LogP) is 0.822. The number of nitrogens with zero attached hydrogens (tertiary/aromatic N) is 2. The standard InChI is InChI=1S/C11H8N2O2/c1-6-8(12-2)9-7(4-3-5-13-9)11(15)10(6)14/h3-5H,1H2,2H3/b12-8+. The molecule has 0 aliphatic heterocycles. The van der Waals surface area contributed by atoms with Gasteiger partial charge in [-0.15, -0.1) is 0 Å². The summed E-state index contributed by atoms with van der Waals surface area (Å²) >= 11 is 0. The van der Waals surface area contributed by atoms with E-state index in [2.05, 4.69) is 16.6 Å². The molecule has 2 rings (SSSR count). The summed E-state index contributed by atoms with van der Waals surface area (Å²) in [6.07, 6.45) is 1.56. The van der Waals surface area contributed by atoms with E-state index in [0.717, 1.165) is 0 Å². The average molecular weight is 200 g/mol. The minimum atomic E-state index is -0.601. The normalized spacial score (nSPS) is 18.2. The van der Waals surface area contributed by atoms with Crippen LogP contribution in [0.25, 0.3) is 0 Å². The number of rotatable bonds is 0. The lowest BCUT2D eigenvalue weighted by molar-refractivity contribution is -0.111. The van der Waals surface area contributed by atoms with Crippen LogP contribution in [-0.4, -0.2) is 29.3 Å². The molecule has 1 aliphatic rings. The lowest BCUT2D eigenvalue weighted by Gasteiger charge is -2.15. The van der Waals surface area contributed by atoms with Crippen LogP contribution in [0.2, 0.25) is 0 Å². The van der Waals surface area contributed by atoms with Gasteiger partial charge < -0.3 is 0 Å². The van der Waals surface area contributed by atoms with Crippen molar-refractivity contribution in [2.24, 2.45) is 4.99 Å². The second-order valence-electron chi connectivity index (χ2n) is 3.11. The van der Waals surface area contributed by atoms with Crippen LogP contribution in [0.4, 0.5) is 0 Å². The number of pyridine rings is 1. The molecule has 4 heteroatoms. The van der Waals surface area contributed by atoms with Crippen molar-refractivity contribution in [1.82, 2.24) is 4.98 Å². The fraction of sp³-hybridized carbons (Fsp3) is 0.0909. The van der Waals surface area contributed by atoms with Crippen LogP contribution in [0, 0.1) is 0 Å². The zero-order chi connectivity index (χ0) is 11.0. The van der Waals surface area contributed by atoms with Crippen LogP contribution >= 0.6 is 0 Å². The minimum absolute atomic E-state index is 0.119. The Morgan fingerprint density at radius 2 is 2.07 bits per heavy atom. The molecule has 0 spiro atoms. The van der Waals surface area contributed by atoms with Crippen LogP contribution < -0.4 is 0 Å². The smallest absolute Gasteiger partial charge is 0.235 e. The van der Waals surface area contributed by atoms with Gasteiger partial charge in [0.05, 0.1) is 11.3 Å². The number of Topliss-reactive ketones (excluding diaryl/α,β-unsaturated/α-hetero) is 2. The Morgan fingerprint density at radius 1 is 1.33 bits per heavy atom. The maximum atomic E-state index is 11.6. The third-order valence-corrected chi connectivity index (χ3v) is 2.27. The Kier molecular flexibility index (Phi) is 2.04. The molecule has 1 heterocycles. The van der Waals surface area contributed by atoms with Gasteiger partial charge in [-0.05, 0) is 12.1 Å². The highest BCUT2D eigenvalue weighted by Crippen LogP contribution is 2.20. The van der Waals surface area contributed by atoms with Gasteiger partial charge in [0.2, 0.25) is 11.6 Å². The number of carbonyl (C=O) groups excluding carboxylic acids is 2. The van der Waals surface area contributed by atoms with Gasteiger partial charge in [-0.2, -0.15) is 0 Å². The summed E-state index contributed by atoms with van der Waals surface area (Å²) in [5.74, 6) is -1.16. The first-order valence-corrected chi connectivity index (χ1v) is 4.37. The number of carbonyl (C=O) groups is 2. The molecule has 0 unspecified atom stereocenters. The Labute approximate surface area is 86.4 Å². The summed E-state index contributed by atoms with van der Waals surface area (Å²) in [6.45, 7) is 3.56. The second kappa shape index (κ2) is 3.24. The quantitative estimate of drug-likeness (QED) is 0.460. The zero-order valence-corrected chi connectivity index (χ0v) is 8.15. The van der Waals surface area contributed by atoms with Gasteiger partial charge in [-0.1, -0.05) is 6.58 Å². The van der Waals surface area contributed by atoms with Crippen molar-refractivity contribution in [1.29, 1.82) is 0 Å². The SMILES string of the molecule is C=C1C(=O)C(=O)c2cccnc2/C1=N/C. The van der Waals surface area contributed by atoms with Crippen molar-refractivity contribution in [3.63, 3.8) is 0 Å². The predicted molar refractivity (Wildman–Crippen MR) is 55.2 cm³/mol. The van der Waals surface area contributed by atoms with Crippen LogP contribution in [-0.2, 0) is 4.79 Å². The van der Waals surface area contributed by atoms with Gasteiger partial charge in [-0.25, -0.2) is 0 Å². The number of hydrogen-bond donors (Lipinski definition) is 0. The molecular weight excluding hydrogens is 192 g/mol. The molecule has 1 aromatic heterocycles.